The number of piperidine rings is 1. The summed E-state index contributed by atoms with van der Waals surface area (Å²) in [4.78, 5) is 27.0. The number of amides is 1. The Balaban J connectivity index is 1.68. The van der Waals surface area contributed by atoms with E-state index < -0.39 is 5.82 Å². The molecule has 2 aromatic rings. The Morgan fingerprint density at radius 1 is 1.21 bits per heavy atom. The molecule has 1 saturated heterocycles. The molecule has 2 aromatic heterocycles. The van der Waals surface area contributed by atoms with Crippen LogP contribution >= 0.6 is 0 Å². The van der Waals surface area contributed by atoms with Crippen LogP contribution in [-0.2, 0) is 6.54 Å². The first-order valence-electron chi connectivity index (χ1n) is 8.10. The number of rotatable bonds is 4. The zero-order valence-corrected chi connectivity index (χ0v) is 13.6. The molecule has 126 valence electrons. The topological polar surface area (TPSA) is 71.0 Å². The summed E-state index contributed by atoms with van der Waals surface area (Å²) in [5.41, 5.74) is 1.79. The minimum absolute atomic E-state index is 0.192. The minimum Gasteiger partial charge on any atom is -0.346 e. The summed E-state index contributed by atoms with van der Waals surface area (Å²) < 4.78 is 13.1. The Hall–Kier alpha value is -2.57. The summed E-state index contributed by atoms with van der Waals surface area (Å²) in [5, 5.41) is 2.75. The van der Waals surface area contributed by atoms with Crippen LogP contribution in [0.1, 0.15) is 41.0 Å². The first-order chi connectivity index (χ1) is 11.6. The summed E-state index contributed by atoms with van der Waals surface area (Å²) in [5.74, 6) is -0.197. The maximum Gasteiger partial charge on any atom is 0.253 e. The van der Waals surface area contributed by atoms with E-state index in [2.05, 4.69) is 25.2 Å². The molecule has 1 N–H and O–H groups in total. The molecule has 7 heteroatoms. The van der Waals surface area contributed by atoms with Gasteiger partial charge in [0.05, 0.1) is 24.0 Å². The van der Waals surface area contributed by atoms with Crippen LogP contribution in [0.5, 0.6) is 0 Å². The molecule has 0 unspecified atom stereocenters. The molecule has 0 bridgehead atoms. The van der Waals surface area contributed by atoms with Gasteiger partial charge in [-0.25, -0.2) is 14.4 Å². The average Bonchev–Trinajstić information content (AvgIpc) is 2.60. The van der Waals surface area contributed by atoms with Crippen LogP contribution in [0.2, 0.25) is 0 Å². The highest BCUT2D eigenvalue weighted by Gasteiger charge is 2.15. The summed E-state index contributed by atoms with van der Waals surface area (Å²) in [6.45, 7) is 4.10. The van der Waals surface area contributed by atoms with Crippen molar-refractivity contribution in [1.29, 1.82) is 0 Å². The highest BCUT2D eigenvalue weighted by atomic mass is 19.1. The molecule has 0 radical (unpaired) electrons. The Kier molecular flexibility index (Phi) is 4.98. The smallest absolute Gasteiger partial charge is 0.253 e. The summed E-state index contributed by atoms with van der Waals surface area (Å²) in [7, 11) is 0. The Morgan fingerprint density at radius 2 is 2.00 bits per heavy atom. The number of carbonyl (C=O) groups excluding carboxylic acids is 1. The lowest BCUT2D eigenvalue weighted by Gasteiger charge is -2.27. The van der Waals surface area contributed by atoms with Gasteiger partial charge in [0.1, 0.15) is 5.82 Å². The normalized spacial score (nSPS) is 14.5. The van der Waals surface area contributed by atoms with Gasteiger partial charge in [0.25, 0.3) is 5.91 Å². The van der Waals surface area contributed by atoms with Gasteiger partial charge in [-0.05, 0) is 38.3 Å². The second-order valence-corrected chi connectivity index (χ2v) is 5.92. The van der Waals surface area contributed by atoms with E-state index >= 15 is 0 Å². The van der Waals surface area contributed by atoms with Gasteiger partial charge in [-0.15, -0.1) is 0 Å². The SMILES string of the molecule is Cc1cc(CNC(=O)c2cncc(F)c2)nc(N2CCCCC2)n1. The number of nitrogens with zero attached hydrogens (tertiary/aromatic N) is 4. The van der Waals surface area contributed by atoms with Crippen LogP contribution in [-0.4, -0.2) is 33.9 Å². The fraction of sp³-hybridized carbons (Fsp3) is 0.412. The zero-order chi connectivity index (χ0) is 16.9. The standard InChI is InChI=1S/C17H20FN5O/c1-12-7-15(22-17(21-12)23-5-3-2-4-6-23)11-20-16(24)13-8-14(18)10-19-9-13/h7-10H,2-6,11H2,1H3,(H,20,24). The van der Waals surface area contributed by atoms with Crippen LogP contribution in [0, 0.1) is 12.7 Å². The van der Waals surface area contributed by atoms with Gasteiger partial charge in [0.15, 0.2) is 0 Å². The second-order valence-electron chi connectivity index (χ2n) is 5.92. The lowest BCUT2D eigenvalue weighted by atomic mass is 10.1. The van der Waals surface area contributed by atoms with E-state index in [0.29, 0.717) is 5.95 Å². The molecule has 0 saturated carbocycles. The number of anilines is 1. The summed E-state index contributed by atoms with van der Waals surface area (Å²) in [6, 6.07) is 3.00. The molecule has 1 fully saturated rings. The van der Waals surface area contributed by atoms with E-state index in [0.717, 1.165) is 49.6 Å². The van der Waals surface area contributed by atoms with Crippen molar-refractivity contribution in [1.82, 2.24) is 20.3 Å². The van der Waals surface area contributed by atoms with E-state index in [-0.39, 0.29) is 18.0 Å². The molecular formula is C17H20FN5O. The number of nitrogens with one attached hydrogen (secondary N) is 1. The highest BCUT2D eigenvalue weighted by Crippen LogP contribution is 2.16. The molecule has 24 heavy (non-hydrogen) atoms. The van der Waals surface area contributed by atoms with E-state index in [1.807, 2.05) is 13.0 Å². The number of halogens is 1. The number of carbonyl (C=O) groups is 1. The van der Waals surface area contributed by atoms with E-state index in [1.54, 1.807) is 0 Å². The van der Waals surface area contributed by atoms with Gasteiger partial charge in [-0.1, -0.05) is 0 Å². The largest absolute Gasteiger partial charge is 0.346 e. The lowest BCUT2D eigenvalue weighted by molar-refractivity contribution is 0.0949. The van der Waals surface area contributed by atoms with Crippen molar-refractivity contribution in [2.75, 3.05) is 18.0 Å². The third-order valence-electron chi connectivity index (χ3n) is 3.93. The fourth-order valence-corrected chi connectivity index (χ4v) is 2.75. The molecule has 0 spiro atoms. The monoisotopic (exact) mass is 329 g/mol. The van der Waals surface area contributed by atoms with Crippen molar-refractivity contribution >= 4 is 11.9 Å². The van der Waals surface area contributed by atoms with Gasteiger partial charge >= 0.3 is 0 Å². The molecule has 3 heterocycles. The van der Waals surface area contributed by atoms with E-state index in [1.165, 1.54) is 12.6 Å². The van der Waals surface area contributed by atoms with Crippen LogP contribution in [0.15, 0.2) is 24.5 Å². The van der Waals surface area contributed by atoms with Crippen LogP contribution < -0.4 is 10.2 Å². The van der Waals surface area contributed by atoms with Crippen molar-refractivity contribution in [2.24, 2.45) is 0 Å². The molecule has 1 aliphatic heterocycles. The number of hydrogen-bond acceptors (Lipinski definition) is 5. The third kappa shape index (κ3) is 4.04. The predicted octanol–water partition coefficient (Wildman–Crippen LogP) is 2.24. The number of pyridine rings is 1. The third-order valence-corrected chi connectivity index (χ3v) is 3.93. The molecule has 0 aliphatic carbocycles. The van der Waals surface area contributed by atoms with Gasteiger partial charge in [-0.3, -0.25) is 9.78 Å². The van der Waals surface area contributed by atoms with Crippen LogP contribution in [0.25, 0.3) is 0 Å². The fourth-order valence-electron chi connectivity index (χ4n) is 2.75. The molecule has 1 amide bonds. The molecular weight excluding hydrogens is 309 g/mol. The highest BCUT2D eigenvalue weighted by molar-refractivity contribution is 5.93. The van der Waals surface area contributed by atoms with Gasteiger partial charge in [0.2, 0.25) is 5.95 Å². The summed E-state index contributed by atoms with van der Waals surface area (Å²) in [6.07, 6.45) is 5.94. The van der Waals surface area contributed by atoms with Crippen molar-refractivity contribution in [3.8, 4) is 0 Å². The number of aryl methyl sites for hydroxylation is 1. The molecule has 1 aliphatic rings. The Bertz CT molecular complexity index is 731. The zero-order valence-electron chi connectivity index (χ0n) is 13.6. The first kappa shape index (κ1) is 16.3. The summed E-state index contributed by atoms with van der Waals surface area (Å²) >= 11 is 0. The molecule has 0 aromatic carbocycles. The van der Waals surface area contributed by atoms with Crippen molar-refractivity contribution in [2.45, 2.75) is 32.7 Å². The quantitative estimate of drug-likeness (QED) is 0.931. The van der Waals surface area contributed by atoms with Gasteiger partial charge in [0, 0.05) is 25.0 Å². The maximum atomic E-state index is 13.1. The second kappa shape index (κ2) is 7.33. The Morgan fingerprint density at radius 3 is 2.75 bits per heavy atom. The molecule has 0 atom stereocenters. The number of hydrogen-bond donors (Lipinski definition) is 1. The molecule has 6 nitrogen and oxygen atoms in total. The number of aromatic nitrogens is 3. The van der Waals surface area contributed by atoms with Crippen molar-refractivity contribution < 1.29 is 9.18 Å². The minimum atomic E-state index is -0.534. The predicted molar refractivity (Wildman–Crippen MR) is 88.2 cm³/mol. The average molecular weight is 329 g/mol. The van der Waals surface area contributed by atoms with Crippen molar-refractivity contribution in [3.05, 3.63) is 47.3 Å². The van der Waals surface area contributed by atoms with Crippen molar-refractivity contribution in [3.63, 3.8) is 0 Å². The molecule has 3 rings (SSSR count). The van der Waals surface area contributed by atoms with E-state index in [9.17, 15) is 9.18 Å². The maximum absolute atomic E-state index is 13.1. The van der Waals surface area contributed by atoms with E-state index in [4.69, 9.17) is 0 Å². The lowest BCUT2D eigenvalue weighted by Crippen LogP contribution is -2.32. The van der Waals surface area contributed by atoms with Crippen LogP contribution in [0.3, 0.4) is 0 Å². The first-order valence-corrected chi connectivity index (χ1v) is 8.10. The van der Waals surface area contributed by atoms with Gasteiger partial charge < -0.3 is 10.2 Å². The van der Waals surface area contributed by atoms with Gasteiger partial charge in [-0.2, -0.15) is 0 Å². The van der Waals surface area contributed by atoms with Crippen LogP contribution in [0.4, 0.5) is 10.3 Å². The Labute approximate surface area is 140 Å².